The second kappa shape index (κ2) is 6.46. The van der Waals surface area contributed by atoms with Gasteiger partial charge in [0.25, 0.3) is 0 Å². The maximum absolute atomic E-state index is 9.93. The smallest absolute Gasteiger partial charge is 0.108 e. The van der Waals surface area contributed by atoms with Crippen molar-refractivity contribution in [1.82, 2.24) is 0 Å². The molecule has 0 fully saturated rings. The third-order valence-corrected chi connectivity index (χ3v) is 2.98. The maximum Gasteiger partial charge on any atom is 0.108 e. The lowest BCUT2D eigenvalue weighted by atomic mass is 9.85. The van der Waals surface area contributed by atoms with Crippen molar-refractivity contribution < 1.29 is 15.3 Å². The minimum Gasteiger partial charge on any atom is -0.390 e. The fraction of sp³-hybridized carbons (Fsp3) is 1.00. The van der Waals surface area contributed by atoms with Gasteiger partial charge in [-0.2, -0.15) is 0 Å². The Morgan fingerprint density at radius 2 is 1.67 bits per heavy atom. The van der Waals surface area contributed by atoms with Gasteiger partial charge in [-0.1, -0.05) is 33.1 Å². The Hall–Kier alpha value is -0.120. The number of hydrogen-bond acceptors (Lipinski definition) is 3. The van der Waals surface area contributed by atoms with Gasteiger partial charge in [0.05, 0.1) is 11.7 Å². The molecule has 0 radical (unpaired) electrons. The Morgan fingerprint density at radius 1 is 1.13 bits per heavy atom. The van der Waals surface area contributed by atoms with Crippen LogP contribution in [0.5, 0.6) is 0 Å². The summed E-state index contributed by atoms with van der Waals surface area (Å²) in [5.41, 5.74) is -1.24. The van der Waals surface area contributed by atoms with Crippen LogP contribution in [0, 0.1) is 5.92 Å². The molecule has 0 amide bonds. The lowest BCUT2D eigenvalue weighted by Crippen LogP contribution is -2.47. The summed E-state index contributed by atoms with van der Waals surface area (Å²) in [7, 11) is 0. The van der Waals surface area contributed by atoms with E-state index in [2.05, 4.69) is 6.92 Å². The fourth-order valence-electron chi connectivity index (χ4n) is 1.76. The molecule has 3 nitrogen and oxygen atoms in total. The zero-order chi connectivity index (χ0) is 12.1. The Kier molecular flexibility index (Phi) is 6.41. The number of rotatable bonds is 7. The zero-order valence-corrected chi connectivity index (χ0v) is 10.4. The van der Waals surface area contributed by atoms with Crippen molar-refractivity contribution in [3.05, 3.63) is 0 Å². The van der Waals surface area contributed by atoms with Crippen molar-refractivity contribution in [3.8, 4) is 0 Å². The van der Waals surface area contributed by atoms with Crippen molar-refractivity contribution in [2.75, 3.05) is 0 Å². The zero-order valence-electron chi connectivity index (χ0n) is 10.4. The number of unbranched alkanes of at least 4 members (excludes halogenated alkanes) is 1. The molecule has 0 aromatic rings. The lowest BCUT2D eigenvalue weighted by molar-refractivity contribution is -0.123. The van der Waals surface area contributed by atoms with Crippen LogP contribution < -0.4 is 0 Å². The van der Waals surface area contributed by atoms with Crippen molar-refractivity contribution in [2.24, 2.45) is 5.92 Å². The summed E-state index contributed by atoms with van der Waals surface area (Å²) in [5, 5.41) is 29.3. The molecule has 0 aliphatic rings. The van der Waals surface area contributed by atoms with E-state index in [4.69, 9.17) is 0 Å². The maximum atomic E-state index is 9.93. The van der Waals surface area contributed by atoms with E-state index in [-0.39, 0.29) is 5.92 Å². The average Bonchev–Trinajstić information content (AvgIpc) is 2.16. The van der Waals surface area contributed by atoms with E-state index in [0.29, 0.717) is 0 Å². The Balaban J connectivity index is 4.30. The van der Waals surface area contributed by atoms with E-state index in [9.17, 15) is 15.3 Å². The number of hydrogen-bond donors (Lipinski definition) is 3. The molecule has 3 N–H and O–H groups in total. The van der Waals surface area contributed by atoms with Gasteiger partial charge >= 0.3 is 0 Å². The second-order valence-corrected chi connectivity index (χ2v) is 4.90. The minimum absolute atomic E-state index is 0.0753. The quantitative estimate of drug-likeness (QED) is 0.609. The number of aliphatic hydroxyl groups excluding tert-OH is 2. The molecular formula is C12H26O3. The van der Waals surface area contributed by atoms with Crippen LogP contribution in [-0.2, 0) is 0 Å². The molecule has 0 aromatic carbocycles. The first-order chi connectivity index (χ1) is 6.84. The summed E-state index contributed by atoms with van der Waals surface area (Å²) >= 11 is 0. The van der Waals surface area contributed by atoms with E-state index in [0.717, 1.165) is 25.7 Å². The molecule has 0 aromatic heterocycles. The van der Waals surface area contributed by atoms with Crippen molar-refractivity contribution in [2.45, 2.75) is 71.2 Å². The predicted octanol–water partition coefficient (Wildman–Crippen LogP) is 1.70. The van der Waals surface area contributed by atoms with Gasteiger partial charge in [0.1, 0.15) is 6.10 Å². The molecular weight excluding hydrogens is 192 g/mol. The molecule has 0 aliphatic carbocycles. The van der Waals surface area contributed by atoms with Gasteiger partial charge in [-0.05, 0) is 26.2 Å². The van der Waals surface area contributed by atoms with Crippen LogP contribution >= 0.6 is 0 Å². The first kappa shape index (κ1) is 14.9. The first-order valence-electron chi connectivity index (χ1n) is 5.93. The molecule has 0 aliphatic heterocycles. The molecule has 0 saturated heterocycles. The lowest BCUT2D eigenvalue weighted by Gasteiger charge is -2.33. The van der Waals surface area contributed by atoms with Crippen molar-refractivity contribution in [1.29, 1.82) is 0 Å². The van der Waals surface area contributed by atoms with Crippen LogP contribution in [0.4, 0.5) is 0 Å². The van der Waals surface area contributed by atoms with Gasteiger partial charge in [-0.3, -0.25) is 0 Å². The normalized spacial score (nSPS) is 18.6. The first-order valence-corrected chi connectivity index (χ1v) is 5.93. The molecule has 92 valence electrons. The third-order valence-electron chi connectivity index (χ3n) is 2.98. The highest BCUT2D eigenvalue weighted by Crippen LogP contribution is 2.24. The van der Waals surface area contributed by atoms with E-state index in [1.165, 1.54) is 13.8 Å². The Labute approximate surface area is 93.1 Å². The van der Waals surface area contributed by atoms with Gasteiger partial charge in [0, 0.05) is 0 Å². The average molecular weight is 218 g/mol. The molecule has 0 saturated carbocycles. The standard InChI is InChI=1S/C12H26O3/c1-5-7-8-9(6-2)10(13)11(14)12(3,4)15/h9-11,13-15H,5-8H2,1-4H3. The van der Waals surface area contributed by atoms with Crippen LogP contribution in [0.1, 0.15) is 53.4 Å². The summed E-state index contributed by atoms with van der Waals surface area (Å²) in [5.74, 6) is 0.0753. The largest absolute Gasteiger partial charge is 0.390 e. The monoisotopic (exact) mass is 218 g/mol. The van der Waals surface area contributed by atoms with Gasteiger partial charge in [0.15, 0.2) is 0 Å². The van der Waals surface area contributed by atoms with Crippen LogP contribution in [0.15, 0.2) is 0 Å². The van der Waals surface area contributed by atoms with Crippen LogP contribution in [0.3, 0.4) is 0 Å². The topological polar surface area (TPSA) is 60.7 Å². The van der Waals surface area contributed by atoms with Crippen LogP contribution in [0.25, 0.3) is 0 Å². The highest BCUT2D eigenvalue weighted by molar-refractivity contribution is 4.86. The van der Waals surface area contributed by atoms with Crippen LogP contribution in [-0.4, -0.2) is 33.1 Å². The van der Waals surface area contributed by atoms with E-state index in [1.54, 1.807) is 0 Å². The minimum atomic E-state index is -1.24. The van der Waals surface area contributed by atoms with Gasteiger partial charge in [-0.25, -0.2) is 0 Å². The van der Waals surface area contributed by atoms with E-state index >= 15 is 0 Å². The molecule has 0 bridgehead atoms. The molecule has 3 heteroatoms. The predicted molar refractivity (Wildman–Crippen MR) is 61.6 cm³/mol. The van der Waals surface area contributed by atoms with Gasteiger partial charge in [-0.15, -0.1) is 0 Å². The van der Waals surface area contributed by atoms with Crippen molar-refractivity contribution in [3.63, 3.8) is 0 Å². The SMILES string of the molecule is CCCCC(CC)C(O)C(O)C(C)(C)O. The molecule has 0 heterocycles. The Morgan fingerprint density at radius 3 is 2.00 bits per heavy atom. The van der Waals surface area contributed by atoms with Gasteiger partial charge < -0.3 is 15.3 Å². The number of aliphatic hydroxyl groups is 3. The Bertz CT molecular complexity index is 163. The molecule has 15 heavy (non-hydrogen) atoms. The summed E-state index contributed by atoms with van der Waals surface area (Å²) in [6.45, 7) is 7.15. The van der Waals surface area contributed by atoms with Crippen molar-refractivity contribution >= 4 is 0 Å². The van der Waals surface area contributed by atoms with E-state index in [1.807, 2.05) is 6.92 Å². The fourth-order valence-corrected chi connectivity index (χ4v) is 1.76. The summed E-state index contributed by atoms with van der Waals surface area (Å²) < 4.78 is 0. The third kappa shape index (κ3) is 4.96. The highest BCUT2D eigenvalue weighted by atomic mass is 16.4. The summed E-state index contributed by atoms with van der Waals surface area (Å²) in [6.07, 6.45) is 1.96. The molecule has 0 spiro atoms. The highest BCUT2D eigenvalue weighted by Gasteiger charge is 2.34. The summed E-state index contributed by atoms with van der Waals surface area (Å²) in [4.78, 5) is 0. The molecule has 0 rings (SSSR count). The second-order valence-electron chi connectivity index (χ2n) is 4.90. The molecule has 3 atom stereocenters. The van der Waals surface area contributed by atoms with Gasteiger partial charge in [0.2, 0.25) is 0 Å². The van der Waals surface area contributed by atoms with Crippen LogP contribution in [0.2, 0.25) is 0 Å². The summed E-state index contributed by atoms with van der Waals surface area (Å²) in [6, 6.07) is 0. The molecule has 3 unspecified atom stereocenters. The van der Waals surface area contributed by atoms with E-state index < -0.39 is 17.8 Å².